The van der Waals surface area contributed by atoms with E-state index in [4.69, 9.17) is 4.42 Å². The van der Waals surface area contributed by atoms with Crippen LogP contribution >= 0.6 is 0 Å². The van der Waals surface area contributed by atoms with Crippen LogP contribution in [-0.4, -0.2) is 21.5 Å². The summed E-state index contributed by atoms with van der Waals surface area (Å²) in [5.41, 5.74) is 0. The molecule has 1 aliphatic carbocycles. The smallest absolute Gasteiger partial charge is 0.274 e. The highest BCUT2D eigenvalue weighted by molar-refractivity contribution is 7.89. The Hall–Kier alpha value is -0.850. The Morgan fingerprint density at radius 2 is 2.17 bits per heavy atom. The fourth-order valence-electron chi connectivity index (χ4n) is 2.36. The quantitative estimate of drug-likeness (QED) is 0.851. The highest BCUT2D eigenvalue weighted by Crippen LogP contribution is 2.26. The third-order valence-electron chi connectivity index (χ3n) is 3.27. The van der Waals surface area contributed by atoms with Crippen LogP contribution in [-0.2, 0) is 16.6 Å². The van der Waals surface area contributed by atoms with Gasteiger partial charge in [0.15, 0.2) is 0 Å². The second kappa shape index (κ2) is 5.42. The second-order valence-corrected chi connectivity index (χ2v) is 6.63. The van der Waals surface area contributed by atoms with Crippen molar-refractivity contribution in [1.82, 2.24) is 10.0 Å². The van der Waals surface area contributed by atoms with E-state index in [-0.39, 0.29) is 11.1 Å². The molecule has 18 heavy (non-hydrogen) atoms. The van der Waals surface area contributed by atoms with E-state index in [0.29, 0.717) is 18.2 Å². The summed E-state index contributed by atoms with van der Waals surface area (Å²) in [4.78, 5) is 0. The van der Waals surface area contributed by atoms with Gasteiger partial charge in [0.05, 0.1) is 6.54 Å². The largest absolute Gasteiger partial charge is 0.447 e. The molecule has 0 amide bonds. The molecular weight excluding hydrogens is 252 g/mol. The average molecular weight is 272 g/mol. The molecule has 0 saturated heterocycles. The molecule has 1 fully saturated rings. The summed E-state index contributed by atoms with van der Waals surface area (Å²) >= 11 is 0. The molecule has 0 spiro atoms. The molecule has 5 nitrogen and oxygen atoms in total. The monoisotopic (exact) mass is 272 g/mol. The van der Waals surface area contributed by atoms with E-state index in [2.05, 4.69) is 17.0 Å². The summed E-state index contributed by atoms with van der Waals surface area (Å²) < 4.78 is 32.2. The van der Waals surface area contributed by atoms with Crippen LogP contribution in [0.4, 0.5) is 0 Å². The summed E-state index contributed by atoms with van der Waals surface area (Å²) in [7, 11) is -1.72. The minimum absolute atomic E-state index is 0.00676. The Morgan fingerprint density at radius 3 is 2.78 bits per heavy atom. The van der Waals surface area contributed by atoms with Crippen LogP contribution in [0, 0.1) is 5.92 Å². The molecule has 102 valence electrons. The third kappa shape index (κ3) is 3.13. The lowest BCUT2D eigenvalue weighted by Crippen LogP contribution is -2.32. The van der Waals surface area contributed by atoms with Crippen molar-refractivity contribution in [3.8, 4) is 0 Å². The number of furan rings is 1. The summed E-state index contributed by atoms with van der Waals surface area (Å²) in [5.74, 6) is 1.21. The van der Waals surface area contributed by atoms with Crippen LogP contribution in [0.15, 0.2) is 21.6 Å². The zero-order valence-corrected chi connectivity index (χ0v) is 11.6. The van der Waals surface area contributed by atoms with Crippen molar-refractivity contribution in [2.45, 2.75) is 43.9 Å². The molecule has 0 aromatic carbocycles. The second-order valence-electron chi connectivity index (χ2n) is 4.99. The molecular formula is C12H20N2O3S. The summed E-state index contributed by atoms with van der Waals surface area (Å²) in [6, 6.07) is 3.23. The SMILES string of the molecule is CNCc1ccc(S(=O)(=O)NC2CCC(C)C2)o1. The van der Waals surface area contributed by atoms with Crippen LogP contribution in [0.2, 0.25) is 0 Å². The van der Waals surface area contributed by atoms with Crippen LogP contribution in [0.1, 0.15) is 31.9 Å². The van der Waals surface area contributed by atoms with E-state index in [1.807, 2.05) is 0 Å². The molecule has 0 radical (unpaired) electrons. The lowest BCUT2D eigenvalue weighted by atomic mass is 10.1. The topological polar surface area (TPSA) is 71.3 Å². The van der Waals surface area contributed by atoms with E-state index in [1.54, 1.807) is 13.1 Å². The lowest BCUT2D eigenvalue weighted by molar-refractivity contribution is 0.401. The van der Waals surface area contributed by atoms with Gasteiger partial charge >= 0.3 is 0 Å². The van der Waals surface area contributed by atoms with Gasteiger partial charge in [0, 0.05) is 6.04 Å². The maximum Gasteiger partial charge on any atom is 0.274 e. The number of hydrogen-bond donors (Lipinski definition) is 2. The first-order chi connectivity index (χ1) is 8.51. The van der Waals surface area contributed by atoms with E-state index in [1.165, 1.54) is 6.07 Å². The van der Waals surface area contributed by atoms with Gasteiger partial charge in [-0.15, -0.1) is 0 Å². The molecule has 2 atom stereocenters. The first-order valence-electron chi connectivity index (χ1n) is 6.27. The van der Waals surface area contributed by atoms with E-state index >= 15 is 0 Å². The predicted molar refractivity (Wildman–Crippen MR) is 68.6 cm³/mol. The summed E-state index contributed by atoms with van der Waals surface area (Å²) in [5, 5.41) is 2.93. The van der Waals surface area contributed by atoms with E-state index in [0.717, 1.165) is 19.3 Å². The van der Waals surface area contributed by atoms with Gasteiger partial charge in [-0.05, 0) is 44.4 Å². The molecule has 2 N–H and O–H groups in total. The molecule has 2 rings (SSSR count). The number of sulfonamides is 1. The van der Waals surface area contributed by atoms with Crippen LogP contribution < -0.4 is 10.0 Å². The normalized spacial score (nSPS) is 24.6. The molecule has 1 aliphatic rings. The Kier molecular flexibility index (Phi) is 4.09. The van der Waals surface area contributed by atoms with Gasteiger partial charge in [0.25, 0.3) is 10.0 Å². The van der Waals surface area contributed by atoms with Gasteiger partial charge in [-0.1, -0.05) is 6.92 Å². The van der Waals surface area contributed by atoms with Crippen LogP contribution in [0.3, 0.4) is 0 Å². The molecule has 1 aromatic heterocycles. The Labute approximate surface area is 108 Å². The highest BCUT2D eigenvalue weighted by atomic mass is 32.2. The van der Waals surface area contributed by atoms with Gasteiger partial charge in [-0.2, -0.15) is 0 Å². The first-order valence-corrected chi connectivity index (χ1v) is 7.75. The molecule has 1 saturated carbocycles. The zero-order chi connectivity index (χ0) is 13.2. The van der Waals surface area contributed by atoms with Crippen molar-refractivity contribution < 1.29 is 12.8 Å². The van der Waals surface area contributed by atoms with Gasteiger partial charge in [-0.3, -0.25) is 0 Å². The molecule has 2 unspecified atom stereocenters. The molecule has 1 aromatic rings. The minimum atomic E-state index is -3.51. The predicted octanol–water partition coefficient (Wildman–Crippen LogP) is 1.47. The fraction of sp³-hybridized carbons (Fsp3) is 0.667. The number of rotatable bonds is 5. The van der Waals surface area contributed by atoms with E-state index in [9.17, 15) is 8.42 Å². The molecule has 6 heteroatoms. The lowest BCUT2D eigenvalue weighted by Gasteiger charge is -2.11. The molecule has 0 bridgehead atoms. The Bertz CT molecular complexity index is 495. The minimum Gasteiger partial charge on any atom is -0.447 e. The number of nitrogens with one attached hydrogen (secondary N) is 2. The van der Waals surface area contributed by atoms with Crippen molar-refractivity contribution in [2.75, 3.05) is 7.05 Å². The standard InChI is InChI=1S/C12H20N2O3S/c1-9-3-4-10(7-9)14-18(15,16)12-6-5-11(17-12)8-13-2/h5-6,9-10,13-14H,3-4,7-8H2,1-2H3. The Balaban J connectivity index is 2.05. The summed E-state index contributed by atoms with van der Waals surface area (Å²) in [6.45, 7) is 2.67. The number of hydrogen-bond acceptors (Lipinski definition) is 4. The van der Waals surface area contributed by atoms with Crippen molar-refractivity contribution >= 4 is 10.0 Å². The fourth-order valence-corrected chi connectivity index (χ4v) is 3.60. The van der Waals surface area contributed by atoms with Gasteiger partial charge in [0.1, 0.15) is 5.76 Å². The van der Waals surface area contributed by atoms with Gasteiger partial charge in [-0.25, -0.2) is 13.1 Å². The van der Waals surface area contributed by atoms with Crippen molar-refractivity contribution in [3.05, 3.63) is 17.9 Å². The molecule has 0 aliphatic heterocycles. The zero-order valence-electron chi connectivity index (χ0n) is 10.8. The van der Waals surface area contributed by atoms with Crippen molar-refractivity contribution in [2.24, 2.45) is 5.92 Å². The summed E-state index contributed by atoms with van der Waals surface area (Å²) in [6.07, 6.45) is 2.89. The van der Waals surface area contributed by atoms with Crippen molar-refractivity contribution in [3.63, 3.8) is 0 Å². The first kappa shape index (κ1) is 13.6. The highest BCUT2D eigenvalue weighted by Gasteiger charge is 2.28. The van der Waals surface area contributed by atoms with Gasteiger partial charge in [0.2, 0.25) is 5.09 Å². The van der Waals surface area contributed by atoms with Gasteiger partial charge < -0.3 is 9.73 Å². The van der Waals surface area contributed by atoms with Crippen molar-refractivity contribution in [1.29, 1.82) is 0 Å². The maximum absolute atomic E-state index is 12.1. The third-order valence-corrected chi connectivity index (χ3v) is 4.66. The molecule has 1 heterocycles. The van der Waals surface area contributed by atoms with E-state index < -0.39 is 10.0 Å². The van der Waals surface area contributed by atoms with Crippen LogP contribution in [0.5, 0.6) is 0 Å². The average Bonchev–Trinajstić information content (AvgIpc) is 2.88. The van der Waals surface area contributed by atoms with Crippen LogP contribution in [0.25, 0.3) is 0 Å². The Morgan fingerprint density at radius 1 is 1.39 bits per heavy atom. The maximum atomic E-state index is 12.1.